The summed E-state index contributed by atoms with van der Waals surface area (Å²) in [5, 5.41) is 5.81. The fraction of sp³-hybridized carbons (Fsp3) is 0.222. The van der Waals surface area contributed by atoms with Crippen LogP contribution in [0.3, 0.4) is 0 Å². The van der Waals surface area contributed by atoms with Crippen molar-refractivity contribution in [2.45, 2.75) is 6.43 Å². The smallest absolute Gasteiger partial charge is 0.279 e. The number of hydrogen-bond acceptors (Lipinski definition) is 4. The van der Waals surface area contributed by atoms with Gasteiger partial charge in [-0.3, -0.25) is 4.79 Å². The molecule has 1 aliphatic heterocycles. The lowest BCUT2D eigenvalue weighted by molar-refractivity contribution is -0.110. The predicted octanol–water partition coefficient (Wildman–Crippen LogP) is 1.02. The maximum absolute atomic E-state index is 11.8. The summed E-state index contributed by atoms with van der Waals surface area (Å²) in [5.41, 5.74) is 0.408. The van der Waals surface area contributed by atoms with E-state index < -0.39 is 18.9 Å². The first kappa shape index (κ1) is 10.5. The van der Waals surface area contributed by atoms with Gasteiger partial charge in [-0.2, -0.15) is 0 Å². The number of alkyl halides is 2. The third-order valence-electron chi connectivity index (χ3n) is 1.87. The normalized spacial score (nSPS) is 16.4. The molecule has 2 rings (SSSR count). The molecule has 0 atom stereocenters. The number of rotatable bonds is 3. The summed E-state index contributed by atoms with van der Waals surface area (Å²) < 4.78 is 23.6. The molecule has 0 spiro atoms. The van der Waals surface area contributed by atoms with Gasteiger partial charge in [0.05, 0.1) is 5.56 Å². The average Bonchev–Trinajstić information content (AvgIpc) is 2.55. The van der Waals surface area contributed by atoms with Gasteiger partial charge in [0.25, 0.3) is 12.3 Å². The predicted molar refractivity (Wildman–Crippen MR) is 51.4 cm³/mol. The fourth-order valence-electron chi connectivity index (χ4n) is 1.23. The minimum Gasteiger partial charge on any atom is -0.389 e. The van der Waals surface area contributed by atoms with Crippen molar-refractivity contribution in [3.8, 4) is 0 Å². The third kappa shape index (κ3) is 1.97. The molecule has 0 aliphatic carbocycles. The summed E-state index contributed by atoms with van der Waals surface area (Å²) in [5.74, 6) is -0.158. The molecule has 0 bridgehead atoms. The molecule has 0 saturated heterocycles. The van der Waals surface area contributed by atoms with Gasteiger partial charge in [-0.25, -0.2) is 13.8 Å². The van der Waals surface area contributed by atoms with Gasteiger partial charge >= 0.3 is 0 Å². The molecule has 0 radical (unpaired) electrons. The molecular formula is C9H7F2N3O2. The van der Waals surface area contributed by atoms with Crippen LogP contribution in [0.1, 0.15) is 5.56 Å². The summed E-state index contributed by atoms with van der Waals surface area (Å²) in [4.78, 5) is 19.6. The molecule has 1 aromatic heterocycles. The van der Waals surface area contributed by atoms with E-state index in [-0.39, 0.29) is 5.71 Å². The second kappa shape index (κ2) is 4.21. The van der Waals surface area contributed by atoms with Crippen molar-refractivity contribution >= 4 is 17.4 Å². The zero-order valence-electron chi connectivity index (χ0n) is 7.98. The molecular weight excluding hydrogens is 220 g/mol. The SMILES string of the molecule is O=C1Nc2ncccc2C1=NOCC(F)F. The lowest BCUT2D eigenvalue weighted by atomic mass is 10.2. The van der Waals surface area contributed by atoms with Crippen molar-refractivity contribution < 1.29 is 18.4 Å². The van der Waals surface area contributed by atoms with Gasteiger partial charge in [0, 0.05) is 6.20 Å². The standard InChI is InChI=1S/C9H7F2N3O2/c10-6(11)4-16-14-7-5-2-1-3-12-8(5)13-9(7)15/h1-3,6H,4H2,(H,12,13,14,15). The van der Waals surface area contributed by atoms with Gasteiger partial charge in [-0.15, -0.1) is 0 Å². The minimum absolute atomic E-state index is 0.0382. The molecule has 0 aromatic carbocycles. The van der Waals surface area contributed by atoms with E-state index in [4.69, 9.17) is 0 Å². The number of carbonyl (C=O) groups is 1. The Morgan fingerprint density at radius 2 is 2.38 bits per heavy atom. The monoisotopic (exact) mass is 227 g/mol. The number of fused-ring (bicyclic) bond motifs is 1. The van der Waals surface area contributed by atoms with Crippen LogP contribution in [0, 0.1) is 0 Å². The molecule has 0 fully saturated rings. The number of anilines is 1. The number of aromatic nitrogens is 1. The summed E-state index contributed by atoms with van der Waals surface area (Å²) in [6.07, 6.45) is -1.12. The third-order valence-corrected chi connectivity index (χ3v) is 1.87. The number of nitrogens with one attached hydrogen (secondary N) is 1. The molecule has 5 nitrogen and oxygen atoms in total. The Morgan fingerprint density at radius 1 is 1.56 bits per heavy atom. The molecule has 1 aliphatic rings. The van der Waals surface area contributed by atoms with Crippen molar-refractivity contribution in [2.24, 2.45) is 5.16 Å². The van der Waals surface area contributed by atoms with Gasteiger partial charge in [0.1, 0.15) is 5.82 Å². The maximum atomic E-state index is 11.8. The maximum Gasteiger partial charge on any atom is 0.279 e. The van der Waals surface area contributed by atoms with Crippen LogP contribution in [-0.2, 0) is 9.63 Å². The van der Waals surface area contributed by atoms with Crippen LogP contribution in [0.25, 0.3) is 0 Å². The van der Waals surface area contributed by atoms with E-state index in [9.17, 15) is 13.6 Å². The van der Waals surface area contributed by atoms with Crippen molar-refractivity contribution in [3.63, 3.8) is 0 Å². The van der Waals surface area contributed by atoms with Crippen LogP contribution >= 0.6 is 0 Å². The molecule has 84 valence electrons. The van der Waals surface area contributed by atoms with Gasteiger partial charge < -0.3 is 10.2 Å². The van der Waals surface area contributed by atoms with Gasteiger partial charge in [-0.05, 0) is 12.1 Å². The average molecular weight is 227 g/mol. The van der Waals surface area contributed by atoms with Crippen LogP contribution < -0.4 is 5.32 Å². The Bertz CT molecular complexity index is 448. The van der Waals surface area contributed by atoms with Crippen molar-refractivity contribution in [2.75, 3.05) is 11.9 Å². The van der Waals surface area contributed by atoms with Crippen LogP contribution in [0.15, 0.2) is 23.5 Å². The summed E-state index contributed by atoms with van der Waals surface area (Å²) in [7, 11) is 0. The molecule has 7 heteroatoms. The van der Waals surface area contributed by atoms with E-state index in [1.807, 2.05) is 0 Å². The lowest BCUT2D eigenvalue weighted by Gasteiger charge is -1.98. The second-order valence-electron chi connectivity index (χ2n) is 2.98. The van der Waals surface area contributed by atoms with Crippen molar-refractivity contribution in [3.05, 3.63) is 23.9 Å². The quantitative estimate of drug-likeness (QED) is 0.784. The summed E-state index contributed by atoms with van der Waals surface area (Å²) in [6.45, 7) is -0.841. The lowest BCUT2D eigenvalue weighted by Crippen LogP contribution is -2.15. The molecule has 2 heterocycles. The van der Waals surface area contributed by atoms with Gasteiger partial charge in [-0.1, -0.05) is 5.16 Å². The van der Waals surface area contributed by atoms with Gasteiger partial charge in [0.2, 0.25) is 0 Å². The number of carbonyl (C=O) groups excluding carboxylic acids is 1. The first-order chi connectivity index (χ1) is 7.68. The zero-order valence-corrected chi connectivity index (χ0v) is 7.98. The first-order valence-corrected chi connectivity index (χ1v) is 4.43. The summed E-state index contributed by atoms with van der Waals surface area (Å²) >= 11 is 0. The highest BCUT2D eigenvalue weighted by atomic mass is 19.3. The molecule has 0 saturated carbocycles. The Morgan fingerprint density at radius 3 is 3.12 bits per heavy atom. The molecule has 1 aromatic rings. The van der Waals surface area contributed by atoms with E-state index in [0.29, 0.717) is 11.4 Å². The molecule has 0 unspecified atom stereocenters. The van der Waals surface area contributed by atoms with E-state index >= 15 is 0 Å². The highest BCUT2D eigenvalue weighted by Gasteiger charge is 2.27. The van der Waals surface area contributed by atoms with E-state index in [2.05, 4.69) is 20.3 Å². The molecule has 16 heavy (non-hydrogen) atoms. The topological polar surface area (TPSA) is 63.6 Å². The Labute approximate surface area is 89.1 Å². The number of oxime groups is 1. The number of nitrogens with zero attached hydrogens (tertiary/aromatic N) is 2. The van der Waals surface area contributed by atoms with Crippen LogP contribution in [-0.4, -0.2) is 29.6 Å². The van der Waals surface area contributed by atoms with Crippen molar-refractivity contribution in [1.82, 2.24) is 4.98 Å². The van der Waals surface area contributed by atoms with Crippen molar-refractivity contribution in [1.29, 1.82) is 0 Å². The largest absolute Gasteiger partial charge is 0.389 e. The molecule has 1 amide bonds. The highest BCUT2D eigenvalue weighted by Crippen LogP contribution is 2.19. The van der Waals surface area contributed by atoms with E-state index in [1.54, 1.807) is 12.1 Å². The molecule has 1 N–H and O–H groups in total. The number of amides is 1. The second-order valence-corrected chi connectivity index (χ2v) is 2.98. The Balaban J connectivity index is 2.19. The van der Waals surface area contributed by atoms with Crippen LogP contribution in [0.4, 0.5) is 14.6 Å². The zero-order chi connectivity index (χ0) is 11.5. The number of hydrogen-bond donors (Lipinski definition) is 1. The number of halogens is 2. The van der Waals surface area contributed by atoms with E-state index in [1.165, 1.54) is 6.20 Å². The minimum atomic E-state index is -2.62. The van der Waals surface area contributed by atoms with Crippen LogP contribution in [0.2, 0.25) is 0 Å². The Hall–Kier alpha value is -2.05. The summed E-state index contributed by atoms with van der Waals surface area (Å²) in [6, 6.07) is 3.21. The highest BCUT2D eigenvalue weighted by molar-refractivity contribution is 6.53. The number of pyridine rings is 1. The first-order valence-electron chi connectivity index (χ1n) is 4.43. The van der Waals surface area contributed by atoms with Crippen LogP contribution in [0.5, 0.6) is 0 Å². The van der Waals surface area contributed by atoms with Gasteiger partial charge in [0.15, 0.2) is 12.3 Å². The Kier molecular flexibility index (Phi) is 2.76. The fourth-order valence-corrected chi connectivity index (χ4v) is 1.23. The van der Waals surface area contributed by atoms with E-state index in [0.717, 1.165) is 0 Å².